The SMILES string of the molecule is CCC(=O)NCc1nnc(-c2cccnc2)o1. The summed E-state index contributed by atoms with van der Waals surface area (Å²) in [5.41, 5.74) is 0.757. The Morgan fingerprint density at radius 2 is 2.35 bits per heavy atom. The van der Waals surface area contributed by atoms with Crippen molar-refractivity contribution in [1.29, 1.82) is 0 Å². The van der Waals surface area contributed by atoms with E-state index >= 15 is 0 Å². The molecule has 0 aromatic carbocycles. The third kappa shape index (κ3) is 2.87. The summed E-state index contributed by atoms with van der Waals surface area (Å²) >= 11 is 0. The highest BCUT2D eigenvalue weighted by molar-refractivity contribution is 5.75. The van der Waals surface area contributed by atoms with Crippen molar-refractivity contribution in [2.45, 2.75) is 19.9 Å². The Labute approximate surface area is 98.1 Å². The van der Waals surface area contributed by atoms with Crippen molar-refractivity contribution in [3.05, 3.63) is 30.4 Å². The molecule has 0 saturated carbocycles. The molecule has 0 aliphatic carbocycles. The highest BCUT2D eigenvalue weighted by Gasteiger charge is 2.08. The van der Waals surface area contributed by atoms with Crippen molar-refractivity contribution in [2.24, 2.45) is 0 Å². The lowest BCUT2D eigenvalue weighted by Gasteiger charge is -1.97. The molecule has 1 N–H and O–H groups in total. The molecule has 0 radical (unpaired) electrons. The van der Waals surface area contributed by atoms with Crippen LogP contribution in [0.5, 0.6) is 0 Å². The van der Waals surface area contributed by atoms with Crippen molar-refractivity contribution in [1.82, 2.24) is 20.5 Å². The fourth-order valence-electron chi connectivity index (χ4n) is 1.23. The molecule has 0 fully saturated rings. The third-order valence-corrected chi connectivity index (χ3v) is 2.13. The quantitative estimate of drug-likeness (QED) is 0.855. The number of nitrogens with one attached hydrogen (secondary N) is 1. The first-order chi connectivity index (χ1) is 8.29. The minimum atomic E-state index is -0.0499. The predicted octanol–water partition coefficient (Wildman–Crippen LogP) is 1.16. The average molecular weight is 232 g/mol. The fraction of sp³-hybridized carbons (Fsp3) is 0.273. The summed E-state index contributed by atoms with van der Waals surface area (Å²) < 4.78 is 5.39. The molecule has 6 nitrogen and oxygen atoms in total. The third-order valence-electron chi connectivity index (χ3n) is 2.13. The molecule has 2 rings (SSSR count). The van der Waals surface area contributed by atoms with Crippen LogP contribution in [0.25, 0.3) is 11.5 Å². The van der Waals surface area contributed by atoms with Gasteiger partial charge in [-0.2, -0.15) is 0 Å². The van der Waals surface area contributed by atoms with Crippen molar-refractivity contribution in [3.8, 4) is 11.5 Å². The lowest BCUT2D eigenvalue weighted by atomic mass is 10.3. The number of carbonyl (C=O) groups excluding carboxylic acids is 1. The van der Waals surface area contributed by atoms with E-state index < -0.39 is 0 Å². The molecule has 2 aromatic heterocycles. The first kappa shape index (κ1) is 11.3. The number of nitrogens with zero attached hydrogens (tertiary/aromatic N) is 3. The van der Waals surface area contributed by atoms with Gasteiger partial charge in [0.2, 0.25) is 17.7 Å². The zero-order chi connectivity index (χ0) is 12.1. The van der Waals surface area contributed by atoms with Gasteiger partial charge < -0.3 is 9.73 Å². The lowest BCUT2D eigenvalue weighted by Crippen LogP contribution is -2.21. The van der Waals surface area contributed by atoms with Gasteiger partial charge in [-0.15, -0.1) is 10.2 Å². The summed E-state index contributed by atoms with van der Waals surface area (Å²) in [6.07, 6.45) is 3.74. The smallest absolute Gasteiger partial charge is 0.249 e. The van der Waals surface area contributed by atoms with Gasteiger partial charge in [-0.3, -0.25) is 9.78 Å². The lowest BCUT2D eigenvalue weighted by molar-refractivity contribution is -0.121. The summed E-state index contributed by atoms with van der Waals surface area (Å²) in [5, 5.41) is 10.4. The van der Waals surface area contributed by atoms with Crippen LogP contribution in [-0.2, 0) is 11.3 Å². The number of hydrogen-bond donors (Lipinski definition) is 1. The molecule has 2 aromatic rings. The van der Waals surface area contributed by atoms with E-state index in [1.807, 2.05) is 6.07 Å². The van der Waals surface area contributed by atoms with Crippen LogP contribution in [0.15, 0.2) is 28.9 Å². The van der Waals surface area contributed by atoms with E-state index in [0.717, 1.165) is 5.56 Å². The molecule has 0 bridgehead atoms. The monoisotopic (exact) mass is 232 g/mol. The predicted molar refractivity (Wildman–Crippen MR) is 59.7 cm³/mol. The second kappa shape index (κ2) is 5.20. The molecular weight excluding hydrogens is 220 g/mol. The maximum Gasteiger partial charge on any atom is 0.249 e. The number of rotatable bonds is 4. The molecule has 0 aliphatic heterocycles. The second-order valence-corrected chi connectivity index (χ2v) is 3.37. The van der Waals surface area contributed by atoms with Crippen molar-refractivity contribution in [3.63, 3.8) is 0 Å². The van der Waals surface area contributed by atoms with Gasteiger partial charge >= 0.3 is 0 Å². The average Bonchev–Trinajstić information content (AvgIpc) is 2.86. The van der Waals surface area contributed by atoms with Crippen LogP contribution in [0, 0.1) is 0 Å². The molecular formula is C11H12N4O2. The zero-order valence-electron chi connectivity index (χ0n) is 9.38. The first-order valence-corrected chi connectivity index (χ1v) is 5.29. The van der Waals surface area contributed by atoms with Gasteiger partial charge in [0.15, 0.2) is 0 Å². The van der Waals surface area contributed by atoms with Gasteiger partial charge in [-0.1, -0.05) is 6.92 Å². The van der Waals surface area contributed by atoms with Crippen molar-refractivity contribution >= 4 is 5.91 Å². The molecule has 1 amide bonds. The Bertz CT molecular complexity index is 495. The van der Waals surface area contributed by atoms with Crippen LogP contribution in [0.3, 0.4) is 0 Å². The Balaban J connectivity index is 2.04. The van der Waals surface area contributed by atoms with Crippen molar-refractivity contribution in [2.75, 3.05) is 0 Å². The Hall–Kier alpha value is -2.24. The van der Waals surface area contributed by atoms with E-state index in [0.29, 0.717) is 18.2 Å². The number of amides is 1. The van der Waals surface area contributed by atoms with Crippen LogP contribution in [0.1, 0.15) is 19.2 Å². The van der Waals surface area contributed by atoms with Crippen LogP contribution < -0.4 is 5.32 Å². The van der Waals surface area contributed by atoms with E-state index in [1.54, 1.807) is 25.4 Å². The van der Waals surface area contributed by atoms with Crippen molar-refractivity contribution < 1.29 is 9.21 Å². The number of hydrogen-bond acceptors (Lipinski definition) is 5. The molecule has 88 valence electrons. The van der Waals surface area contributed by atoms with Gasteiger partial charge in [0.25, 0.3) is 0 Å². The summed E-state index contributed by atoms with van der Waals surface area (Å²) in [5.74, 6) is 0.732. The Morgan fingerprint density at radius 3 is 3.06 bits per heavy atom. The Morgan fingerprint density at radius 1 is 1.47 bits per heavy atom. The van der Waals surface area contributed by atoms with Gasteiger partial charge in [-0.25, -0.2) is 0 Å². The second-order valence-electron chi connectivity index (χ2n) is 3.37. The van der Waals surface area contributed by atoms with Gasteiger partial charge in [-0.05, 0) is 12.1 Å². The molecule has 2 heterocycles. The first-order valence-electron chi connectivity index (χ1n) is 5.29. The molecule has 6 heteroatoms. The van der Waals surface area contributed by atoms with Crippen LogP contribution in [0.2, 0.25) is 0 Å². The van der Waals surface area contributed by atoms with Crippen LogP contribution in [-0.4, -0.2) is 21.1 Å². The molecule has 0 unspecified atom stereocenters. The summed E-state index contributed by atoms with van der Waals surface area (Å²) in [4.78, 5) is 15.0. The van der Waals surface area contributed by atoms with E-state index in [9.17, 15) is 4.79 Å². The summed E-state index contributed by atoms with van der Waals surface area (Å²) in [6.45, 7) is 2.03. The maximum atomic E-state index is 11.1. The number of aromatic nitrogens is 3. The summed E-state index contributed by atoms with van der Waals surface area (Å²) in [7, 11) is 0. The highest BCUT2D eigenvalue weighted by Crippen LogP contribution is 2.15. The van der Waals surface area contributed by atoms with Gasteiger partial charge in [0, 0.05) is 18.8 Å². The molecule has 0 atom stereocenters. The fourth-order valence-corrected chi connectivity index (χ4v) is 1.23. The van der Waals surface area contributed by atoms with Gasteiger partial charge in [0.05, 0.1) is 12.1 Å². The molecule has 0 spiro atoms. The van der Waals surface area contributed by atoms with Crippen LogP contribution in [0.4, 0.5) is 0 Å². The zero-order valence-corrected chi connectivity index (χ0v) is 9.38. The standard InChI is InChI=1S/C11H12N4O2/c1-2-9(16)13-7-10-14-15-11(17-10)8-4-3-5-12-6-8/h3-6H,2,7H2,1H3,(H,13,16). The van der Waals surface area contributed by atoms with Gasteiger partial charge in [0.1, 0.15) is 0 Å². The number of carbonyl (C=O) groups is 1. The minimum absolute atomic E-state index is 0.0499. The van der Waals surface area contributed by atoms with E-state index in [-0.39, 0.29) is 12.5 Å². The Kier molecular flexibility index (Phi) is 3.44. The molecule has 0 saturated heterocycles. The highest BCUT2D eigenvalue weighted by atomic mass is 16.4. The maximum absolute atomic E-state index is 11.1. The topological polar surface area (TPSA) is 80.9 Å². The van der Waals surface area contributed by atoms with E-state index in [1.165, 1.54) is 0 Å². The summed E-state index contributed by atoms with van der Waals surface area (Å²) in [6, 6.07) is 3.62. The minimum Gasteiger partial charge on any atom is -0.419 e. The normalized spacial score (nSPS) is 10.2. The van der Waals surface area contributed by atoms with E-state index in [4.69, 9.17) is 4.42 Å². The van der Waals surface area contributed by atoms with E-state index in [2.05, 4.69) is 20.5 Å². The van der Waals surface area contributed by atoms with Crippen LogP contribution >= 0.6 is 0 Å². The molecule has 0 aliphatic rings. The largest absolute Gasteiger partial charge is 0.419 e. The number of pyridine rings is 1. The molecule has 17 heavy (non-hydrogen) atoms.